The topological polar surface area (TPSA) is 105 Å². The Morgan fingerprint density at radius 1 is 1.24 bits per heavy atom. The molecule has 0 atom stereocenters. The van der Waals surface area contributed by atoms with Crippen molar-refractivity contribution in [3.63, 3.8) is 0 Å². The van der Waals surface area contributed by atoms with Crippen LogP contribution < -0.4 is 4.72 Å². The molecule has 0 aliphatic heterocycles. The number of nitrogens with one attached hydrogen (secondary N) is 1. The molecule has 1 aromatic heterocycles. The van der Waals surface area contributed by atoms with Gasteiger partial charge in [-0.25, -0.2) is 13.1 Å². The molecule has 7 nitrogen and oxygen atoms in total. The molecular weight excluding hydrogens is 294 g/mol. The van der Waals surface area contributed by atoms with Gasteiger partial charge in [0.25, 0.3) is 0 Å². The fraction of sp³-hybridized carbons (Fsp3) is 0.385. The van der Waals surface area contributed by atoms with Gasteiger partial charge in [0, 0.05) is 19.9 Å². The first kappa shape index (κ1) is 15.6. The third-order valence-electron chi connectivity index (χ3n) is 2.80. The van der Waals surface area contributed by atoms with Crippen LogP contribution in [0, 0.1) is 6.92 Å². The van der Waals surface area contributed by atoms with Gasteiger partial charge >= 0.3 is 0 Å². The standard InChI is InChI=1S/C13H17N3O4S/c1-10-15-13(16-20-10)6-7-14-21(18,19)9-12-4-2-11(8-17)3-5-12/h2-5,14,17H,6-9H2,1H3. The van der Waals surface area contributed by atoms with Crippen molar-refractivity contribution in [3.8, 4) is 0 Å². The van der Waals surface area contributed by atoms with E-state index >= 15 is 0 Å². The largest absolute Gasteiger partial charge is 0.392 e. The van der Waals surface area contributed by atoms with Gasteiger partial charge in [-0.15, -0.1) is 0 Å². The summed E-state index contributed by atoms with van der Waals surface area (Å²) in [5.74, 6) is 0.823. The van der Waals surface area contributed by atoms with Crippen LogP contribution in [-0.4, -0.2) is 30.2 Å². The fourth-order valence-electron chi connectivity index (χ4n) is 1.77. The molecule has 2 rings (SSSR count). The fourth-order valence-corrected chi connectivity index (χ4v) is 2.92. The Hall–Kier alpha value is -1.77. The third kappa shape index (κ3) is 4.92. The van der Waals surface area contributed by atoms with Crippen LogP contribution in [0.15, 0.2) is 28.8 Å². The second-order valence-electron chi connectivity index (χ2n) is 4.61. The highest BCUT2D eigenvalue weighted by molar-refractivity contribution is 7.88. The molecule has 0 amide bonds. The molecule has 114 valence electrons. The van der Waals surface area contributed by atoms with E-state index in [1.807, 2.05) is 0 Å². The van der Waals surface area contributed by atoms with Gasteiger partial charge in [0.2, 0.25) is 15.9 Å². The molecule has 0 aliphatic carbocycles. The molecule has 2 N–H and O–H groups in total. The molecule has 0 unspecified atom stereocenters. The molecule has 0 saturated heterocycles. The summed E-state index contributed by atoms with van der Waals surface area (Å²) in [7, 11) is -3.42. The number of aliphatic hydroxyl groups is 1. The predicted molar refractivity (Wildman–Crippen MR) is 75.7 cm³/mol. The maximum Gasteiger partial charge on any atom is 0.223 e. The first-order valence-electron chi connectivity index (χ1n) is 6.44. The van der Waals surface area contributed by atoms with Crippen molar-refractivity contribution in [1.82, 2.24) is 14.9 Å². The van der Waals surface area contributed by atoms with Crippen molar-refractivity contribution >= 4 is 10.0 Å². The Kier molecular flexibility index (Phi) is 5.05. The summed E-state index contributed by atoms with van der Waals surface area (Å²) in [5.41, 5.74) is 1.41. The number of aliphatic hydroxyl groups excluding tert-OH is 1. The third-order valence-corrected chi connectivity index (χ3v) is 4.16. The van der Waals surface area contributed by atoms with Crippen molar-refractivity contribution in [2.75, 3.05) is 6.54 Å². The Bertz CT molecular complexity index is 680. The molecule has 0 spiro atoms. The van der Waals surface area contributed by atoms with Crippen LogP contribution in [0.25, 0.3) is 0 Å². The zero-order valence-electron chi connectivity index (χ0n) is 11.6. The molecule has 0 saturated carbocycles. The van der Waals surface area contributed by atoms with E-state index < -0.39 is 10.0 Å². The molecule has 0 radical (unpaired) electrons. The minimum Gasteiger partial charge on any atom is -0.392 e. The van der Waals surface area contributed by atoms with E-state index in [0.717, 1.165) is 5.56 Å². The van der Waals surface area contributed by atoms with Gasteiger partial charge < -0.3 is 9.63 Å². The van der Waals surface area contributed by atoms with Crippen LogP contribution in [0.2, 0.25) is 0 Å². The lowest BCUT2D eigenvalue weighted by Gasteiger charge is -2.06. The van der Waals surface area contributed by atoms with Gasteiger partial charge in [-0.2, -0.15) is 4.98 Å². The van der Waals surface area contributed by atoms with E-state index in [0.29, 0.717) is 23.7 Å². The second-order valence-corrected chi connectivity index (χ2v) is 6.41. The van der Waals surface area contributed by atoms with Gasteiger partial charge in [0.05, 0.1) is 12.4 Å². The number of hydrogen-bond acceptors (Lipinski definition) is 6. The van der Waals surface area contributed by atoms with Gasteiger partial charge in [-0.1, -0.05) is 29.4 Å². The van der Waals surface area contributed by atoms with Gasteiger partial charge in [0.1, 0.15) is 0 Å². The van der Waals surface area contributed by atoms with E-state index in [4.69, 9.17) is 9.63 Å². The average Bonchev–Trinajstić information content (AvgIpc) is 2.84. The zero-order chi connectivity index (χ0) is 15.3. The lowest BCUT2D eigenvalue weighted by atomic mass is 10.2. The summed E-state index contributed by atoms with van der Waals surface area (Å²) in [6, 6.07) is 6.78. The Morgan fingerprint density at radius 3 is 2.48 bits per heavy atom. The van der Waals surface area contributed by atoms with E-state index in [2.05, 4.69) is 14.9 Å². The van der Waals surface area contributed by atoms with Crippen LogP contribution in [0.5, 0.6) is 0 Å². The summed E-state index contributed by atoms with van der Waals surface area (Å²) in [6.45, 7) is 1.84. The monoisotopic (exact) mass is 311 g/mol. The van der Waals surface area contributed by atoms with Crippen LogP contribution >= 0.6 is 0 Å². The highest BCUT2D eigenvalue weighted by Crippen LogP contribution is 2.08. The average molecular weight is 311 g/mol. The number of nitrogens with zero attached hydrogens (tertiary/aromatic N) is 2. The van der Waals surface area contributed by atoms with Gasteiger partial charge in [-0.3, -0.25) is 0 Å². The van der Waals surface area contributed by atoms with Crippen LogP contribution in [0.4, 0.5) is 0 Å². The maximum absolute atomic E-state index is 11.9. The summed E-state index contributed by atoms with van der Waals surface area (Å²) in [4.78, 5) is 4.00. The molecule has 0 aliphatic rings. The van der Waals surface area contributed by atoms with E-state index in [1.165, 1.54) is 0 Å². The highest BCUT2D eigenvalue weighted by atomic mass is 32.2. The predicted octanol–water partition coefficient (Wildman–Crippen LogP) is 0.532. The molecule has 8 heteroatoms. The van der Waals surface area contributed by atoms with Crippen molar-refractivity contribution in [2.45, 2.75) is 25.7 Å². The zero-order valence-corrected chi connectivity index (χ0v) is 12.4. The van der Waals surface area contributed by atoms with E-state index in [-0.39, 0.29) is 18.9 Å². The molecular formula is C13H17N3O4S. The summed E-state index contributed by atoms with van der Waals surface area (Å²) in [5, 5.41) is 12.6. The number of rotatable bonds is 7. The number of aryl methyl sites for hydroxylation is 1. The normalized spacial score (nSPS) is 11.7. The number of aromatic nitrogens is 2. The molecule has 0 bridgehead atoms. The first-order chi connectivity index (χ1) is 9.98. The van der Waals surface area contributed by atoms with E-state index in [1.54, 1.807) is 31.2 Å². The van der Waals surface area contributed by atoms with Gasteiger partial charge in [-0.05, 0) is 11.1 Å². The van der Waals surface area contributed by atoms with E-state index in [9.17, 15) is 8.42 Å². The lowest BCUT2D eigenvalue weighted by molar-refractivity contribution is 0.282. The first-order valence-corrected chi connectivity index (χ1v) is 8.09. The maximum atomic E-state index is 11.9. The minimum absolute atomic E-state index is 0.0601. The molecule has 21 heavy (non-hydrogen) atoms. The SMILES string of the molecule is Cc1nc(CCNS(=O)(=O)Cc2ccc(CO)cc2)no1. The van der Waals surface area contributed by atoms with Crippen molar-refractivity contribution in [1.29, 1.82) is 0 Å². The van der Waals surface area contributed by atoms with Crippen LogP contribution in [-0.2, 0) is 28.8 Å². The Balaban J connectivity index is 1.86. The quantitative estimate of drug-likeness (QED) is 0.773. The summed E-state index contributed by atoms with van der Waals surface area (Å²) >= 11 is 0. The lowest BCUT2D eigenvalue weighted by Crippen LogP contribution is -2.27. The smallest absolute Gasteiger partial charge is 0.223 e. The van der Waals surface area contributed by atoms with Crippen molar-refractivity contribution < 1.29 is 18.0 Å². The number of benzene rings is 1. The highest BCUT2D eigenvalue weighted by Gasteiger charge is 2.12. The minimum atomic E-state index is -3.42. The van der Waals surface area contributed by atoms with Crippen LogP contribution in [0.1, 0.15) is 22.8 Å². The number of sulfonamides is 1. The second kappa shape index (κ2) is 6.79. The Labute approximate surface area is 123 Å². The molecule has 2 aromatic rings. The van der Waals surface area contributed by atoms with Crippen molar-refractivity contribution in [3.05, 3.63) is 47.1 Å². The Morgan fingerprint density at radius 2 is 1.90 bits per heavy atom. The molecule has 0 fully saturated rings. The molecule has 1 aromatic carbocycles. The van der Waals surface area contributed by atoms with Crippen molar-refractivity contribution in [2.24, 2.45) is 0 Å². The molecule has 1 heterocycles. The van der Waals surface area contributed by atoms with Gasteiger partial charge in [0.15, 0.2) is 5.82 Å². The summed E-state index contributed by atoms with van der Waals surface area (Å²) < 4.78 is 31.2. The summed E-state index contributed by atoms with van der Waals surface area (Å²) in [6.07, 6.45) is 0.375. The number of hydrogen-bond donors (Lipinski definition) is 2. The van der Waals surface area contributed by atoms with Crippen LogP contribution in [0.3, 0.4) is 0 Å².